The van der Waals surface area contributed by atoms with E-state index < -0.39 is 0 Å². The van der Waals surface area contributed by atoms with E-state index in [0.717, 1.165) is 37.4 Å². The molecule has 3 rings (SSSR count). The lowest BCUT2D eigenvalue weighted by Crippen LogP contribution is -2.38. The van der Waals surface area contributed by atoms with Crippen LogP contribution in [0.25, 0.3) is 0 Å². The Kier molecular flexibility index (Phi) is 6.70. The first-order valence-corrected chi connectivity index (χ1v) is 9.81. The summed E-state index contributed by atoms with van der Waals surface area (Å²) < 4.78 is 0. The summed E-state index contributed by atoms with van der Waals surface area (Å²) >= 11 is 1.76. The number of hydrogen-bond acceptors (Lipinski definition) is 4. The van der Waals surface area contributed by atoms with E-state index in [0.29, 0.717) is 6.54 Å². The highest BCUT2D eigenvalue weighted by Gasteiger charge is 2.24. The zero-order chi connectivity index (χ0) is 18.2. The van der Waals surface area contributed by atoms with Gasteiger partial charge in [-0.3, -0.25) is 14.7 Å². The fraction of sp³-hybridized carbons (Fsp3) is 0.333. The van der Waals surface area contributed by atoms with Crippen LogP contribution in [-0.4, -0.2) is 35.4 Å². The van der Waals surface area contributed by atoms with Gasteiger partial charge >= 0.3 is 0 Å². The summed E-state index contributed by atoms with van der Waals surface area (Å²) in [4.78, 5) is 20.0. The van der Waals surface area contributed by atoms with Gasteiger partial charge in [-0.15, -0.1) is 18.2 Å². The molecule has 1 aromatic heterocycles. The number of aromatic nitrogens is 1. The van der Waals surface area contributed by atoms with Gasteiger partial charge in [-0.25, -0.2) is 0 Å². The molecule has 26 heavy (non-hydrogen) atoms. The van der Waals surface area contributed by atoms with Gasteiger partial charge in [0.05, 0.1) is 6.54 Å². The Balaban J connectivity index is 1.47. The number of carbonyl (C=O) groups excluding carboxylic acids is 1. The summed E-state index contributed by atoms with van der Waals surface area (Å²) in [6, 6.07) is 12.1. The minimum atomic E-state index is 0.0728. The molecule has 5 heteroatoms. The van der Waals surface area contributed by atoms with E-state index in [1.165, 1.54) is 10.5 Å². The first-order chi connectivity index (χ1) is 12.7. The standard InChI is InChI=1S/C21H23N3OS/c1-2-12-24-13-9-18(10-14-24)21(25)23-19-5-7-20(8-6-19)26-16-17-4-3-11-22-15-17/h1,3-8,11,15,18H,9-10,12-14,16H2,(H,23,25). The van der Waals surface area contributed by atoms with E-state index in [1.54, 1.807) is 18.0 Å². The van der Waals surface area contributed by atoms with Crippen molar-refractivity contribution in [3.05, 3.63) is 54.4 Å². The third-order valence-electron chi connectivity index (χ3n) is 4.52. The SMILES string of the molecule is C#CCN1CCC(C(=O)Nc2ccc(SCc3cccnc3)cc2)CC1. The minimum absolute atomic E-state index is 0.0728. The lowest BCUT2D eigenvalue weighted by Gasteiger charge is -2.29. The van der Waals surface area contributed by atoms with Gasteiger partial charge in [0, 0.05) is 34.6 Å². The second-order valence-corrected chi connectivity index (χ2v) is 7.47. The van der Waals surface area contributed by atoms with Crippen molar-refractivity contribution >= 4 is 23.4 Å². The fourth-order valence-electron chi connectivity index (χ4n) is 3.01. The second-order valence-electron chi connectivity index (χ2n) is 6.42. The van der Waals surface area contributed by atoms with Gasteiger partial charge in [0.2, 0.25) is 5.91 Å². The maximum Gasteiger partial charge on any atom is 0.227 e. The molecule has 0 saturated carbocycles. The number of likely N-dealkylation sites (tertiary alicyclic amines) is 1. The number of carbonyl (C=O) groups is 1. The van der Waals surface area contributed by atoms with Crippen LogP contribution in [0.1, 0.15) is 18.4 Å². The number of benzene rings is 1. The Labute approximate surface area is 159 Å². The average molecular weight is 366 g/mol. The van der Waals surface area contributed by atoms with Crippen LogP contribution >= 0.6 is 11.8 Å². The van der Waals surface area contributed by atoms with E-state index in [-0.39, 0.29) is 11.8 Å². The minimum Gasteiger partial charge on any atom is -0.326 e. The van der Waals surface area contributed by atoms with Crippen LogP contribution in [0.5, 0.6) is 0 Å². The molecule has 1 amide bonds. The summed E-state index contributed by atoms with van der Waals surface area (Å²) in [6.45, 7) is 2.46. The number of nitrogens with one attached hydrogen (secondary N) is 1. The Morgan fingerprint density at radius 2 is 2.04 bits per heavy atom. The van der Waals surface area contributed by atoms with Gasteiger partial charge in [-0.05, 0) is 61.8 Å². The van der Waals surface area contributed by atoms with Crippen molar-refractivity contribution in [1.29, 1.82) is 0 Å². The van der Waals surface area contributed by atoms with Crippen LogP contribution in [-0.2, 0) is 10.5 Å². The number of hydrogen-bond donors (Lipinski definition) is 1. The topological polar surface area (TPSA) is 45.2 Å². The highest BCUT2D eigenvalue weighted by Crippen LogP contribution is 2.25. The summed E-state index contributed by atoms with van der Waals surface area (Å²) in [5.74, 6) is 3.74. The van der Waals surface area contributed by atoms with Crippen LogP contribution in [0.15, 0.2) is 53.7 Å². The predicted octanol–water partition coefficient (Wildman–Crippen LogP) is 3.66. The Morgan fingerprint density at radius 1 is 1.27 bits per heavy atom. The largest absolute Gasteiger partial charge is 0.326 e. The number of terminal acetylenes is 1. The monoisotopic (exact) mass is 365 g/mol. The lowest BCUT2D eigenvalue weighted by atomic mass is 9.96. The van der Waals surface area contributed by atoms with E-state index in [4.69, 9.17) is 6.42 Å². The second kappa shape index (κ2) is 9.42. The third-order valence-corrected chi connectivity index (χ3v) is 5.61. The van der Waals surface area contributed by atoms with Crippen LogP contribution < -0.4 is 5.32 Å². The third kappa shape index (κ3) is 5.35. The first kappa shape index (κ1) is 18.5. The number of nitrogens with zero attached hydrogens (tertiary/aromatic N) is 2. The molecule has 134 valence electrons. The maximum atomic E-state index is 12.4. The number of piperidine rings is 1. The summed E-state index contributed by atoms with van der Waals surface area (Å²) in [7, 11) is 0. The molecule has 1 saturated heterocycles. The molecule has 1 aliphatic heterocycles. The van der Waals surface area contributed by atoms with Crippen LogP contribution in [0.2, 0.25) is 0 Å². The van der Waals surface area contributed by atoms with E-state index in [2.05, 4.69) is 27.2 Å². The van der Waals surface area contributed by atoms with Crippen molar-refractivity contribution in [2.24, 2.45) is 5.92 Å². The molecule has 1 fully saturated rings. The van der Waals surface area contributed by atoms with Crippen molar-refractivity contribution in [1.82, 2.24) is 9.88 Å². The van der Waals surface area contributed by atoms with E-state index >= 15 is 0 Å². The van der Waals surface area contributed by atoms with Crippen LogP contribution in [0.4, 0.5) is 5.69 Å². The number of anilines is 1. The predicted molar refractivity (Wildman–Crippen MR) is 107 cm³/mol. The van der Waals surface area contributed by atoms with Gasteiger partial charge in [-0.2, -0.15) is 0 Å². The van der Waals surface area contributed by atoms with Crippen molar-refractivity contribution in [3.63, 3.8) is 0 Å². The highest BCUT2D eigenvalue weighted by atomic mass is 32.2. The maximum absolute atomic E-state index is 12.4. The smallest absolute Gasteiger partial charge is 0.227 e. The molecule has 1 aliphatic rings. The lowest BCUT2D eigenvalue weighted by molar-refractivity contribution is -0.121. The number of thioether (sulfide) groups is 1. The Hall–Kier alpha value is -2.29. The highest BCUT2D eigenvalue weighted by molar-refractivity contribution is 7.98. The molecule has 4 nitrogen and oxygen atoms in total. The zero-order valence-corrected chi connectivity index (χ0v) is 15.5. The van der Waals surface area contributed by atoms with Crippen molar-refractivity contribution < 1.29 is 4.79 Å². The summed E-state index contributed by atoms with van der Waals surface area (Å²) in [6.07, 6.45) is 10.7. The first-order valence-electron chi connectivity index (χ1n) is 8.83. The molecule has 1 aromatic carbocycles. The molecule has 2 heterocycles. The number of amides is 1. The van der Waals surface area contributed by atoms with Gasteiger partial charge in [0.1, 0.15) is 0 Å². The molecule has 0 bridgehead atoms. The van der Waals surface area contributed by atoms with Crippen molar-refractivity contribution in [2.45, 2.75) is 23.5 Å². The van der Waals surface area contributed by atoms with Gasteiger partial charge in [-0.1, -0.05) is 12.0 Å². The summed E-state index contributed by atoms with van der Waals surface area (Å²) in [5, 5.41) is 3.04. The Morgan fingerprint density at radius 3 is 2.69 bits per heavy atom. The molecule has 1 N–H and O–H groups in total. The van der Waals surface area contributed by atoms with E-state index in [9.17, 15) is 4.79 Å². The molecule has 0 unspecified atom stereocenters. The molecule has 2 aromatic rings. The molecule has 0 atom stereocenters. The Bertz CT molecular complexity index is 747. The fourth-order valence-corrected chi connectivity index (χ4v) is 3.84. The molecular formula is C21H23N3OS. The van der Waals surface area contributed by atoms with E-state index in [1.807, 2.05) is 36.5 Å². The quantitative estimate of drug-likeness (QED) is 0.627. The molecule has 0 radical (unpaired) electrons. The van der Waals surface area contributed by atoms with Gasteiger partial charge < -0.3 is 5.32 Å². The van der Waals surface area contributed by atoms with Crippen molar-refractivity contribution in [2.75, 3.05) is 25.0 Å². The number of rotatable bonds is 6. The molecule has 0 aliphatic carbocycles. The van der Waals surface area contributed by atoms with Gasteiger partial charge in [0.25, 0.3) is 0 Å². The normalized spacial score (nSPS) is 15.3. The van der Waals surface area contributed by atoms with Gasteiger partial charge in [0.15, 0.2) is 0 Å². The molecule has 0 spiro atoms. The zero-order valence-electron chi connectivity index (χ0n) is 14.7. The summed E-state index contributed by atoms with van der Waals surface area (Å²) in [5.41, 5.74) is 2.05. The van der Waals surface area contributed by atoms with Crippen LogP contribution in [0, 0.1) is 18.3 Å². The molecular weight excluding hydrogens is 342 g/mol. The van der Waals surface area contributed by atoms with Crippen LogP contribution in [0.3, 0.4) is 0 Å². The number of pyridine rings is 1. The average Bonchev–Trinajstić information content (AvgIpc) is 2.69. The van der Waals surface area contributed by atoms with Crippen molar-refractivity contribution in [3.8, 4) is 12.3 Å².